The molecular formula is C16H15ClFNO5. The lowest BCUT2D eigenvalue weighted by atomic mass is 10.1. The zero-order chi connectivity index (χ0) is 17.9. The number of carbonyl (C=O) groups is 2. The van der Waals surface area contributed by atoms with Crippen LogP contribution < -0.4 is 5.32 Å². The molecule has 0 saturated carbocycles. The number of aliphatic carboxylic acids is 1. The predicted molar refractivity (Wildman–Crippen MR) is 84.8 cm³/mol. The van der Waals surface area contributed by atoms with Crippen molar-refractivity contribution < 1.29 is 28.2 Å². The molecule has 0 amide bonds. The summed E-state index contributed by atoms with van der Waals surface area (Å²) in [6, 6.07) is 3.68. The number of rotatable bonds is 6. The van der Waals surface area contributed by atoms with Gasteiger partial charge in [0.25, 0.3) is 0 Å². The van der Waals surface area contributed by atoms with Gasteiger partial charge in [-0.05, 0) is 38.1 Å². The molecule has 0 bridgehead atoms. The molecule has 128 valence electrons. The molecule has 0 radical (unpaired) electrons. The van der Waals surface area contributed by atoms with Crippen LogP contribution in [0.1, 0.15) is 34.8 Å². The summed E-state index contributed by atoms with van der Waals surface area (Å²) in [4.78, 5) is 23.3. The summed E-state index contributed by atoms with van der Waals surface area (Å²) >= 11 is 5.67. The highest BCUT2D eigenvalue weighted by Crippen LogP contribution is 2.27. The van der Waals surface area contributed by atoms with Crippen molar-refractivity contribution in [1.29, 1.82) is 0 Å². The van der Waals surface area contributed by atoms with Crippen LogP contribution in [-0.2, 0) is 9.53 Å². The van der Waals surface area contributed by atoms with Gasteiger partial charge in [0, 0.05) is 5.02 Å². The number of carboxylic acids is 1. The summed E-state index contributed by atoms with van der Waals surface area (Å²) in [5, 5.41) is 12.1. The second kappa shape index (κ2) is 7.35. The third kappa shape index (κ3) is 3.86. The molecule has 0 fully saturated rings. The summed E-state index contributed by atoms with van der Waals surface area (Å²) in [5.74, 6) is -2.45. The molecule has 1 aromatic heterocycles. The van der Waals surface area contributed by atoms with Crippen LogP contribution in [0.5, 0.6) is 0 Å². The molecule has 1 heterocycles. The molecule has 1 atom stereocenters. The molecule has 6 nitrogen and oxygen atoms in total. The summed E-state index contributed by atoms with van der Waals surface area (Å²) in [6.07, 6.45) is 0. The lowest BCUT2D eigenvalue weighted by Crippen LogP contribution is -2.20. The quantitative estimate of drug-likeness (QED) is 0.766. The van der Waals surface area contributed by atoms with Crippen LogP contribution in [0.3, 0.4) is 0 Å². The summed E-state index contributed by atoms with van der Waals surface area (Å²) < 4.78 is 24.1. The van der Waals surface area contributed by atoms with E-state index in [1.807, 2.05) is 0 Å². The fourth-order valence-electron chi connectivity index (χ4n) is 2.08. The number of esters is 1. The first kappa shape index (κ1) is 17.8. The van der Waals surface area contributed by atoms with Gasteiger partial charge < -0.3 is 19.6 Å². The van der Waals surface area contributed by atoms with E-state index < -0.39 is 23.8 Å². The number of hydrogen-bond donors (Lipinski definition) is 2. The third-order valence-corrected chi connectivity index (χ3v) is 3.43. The summed E-state index contributed by atoms with van der Waals surface area (Å²) in [6.45, 7) is 3.34. The zero-order valence-corrected chi connectivity index (χ0v) is 13.7. The summed E-state index contributed by atoms with van der Waals surface area (Å²) in [7, 11) is 0. The Hall–Kier alpha value is -2.54. The van der Waals surface area contributed by atoms with Gasteiger partial charge in [0.15, 0.2) is 6.04 Å². The summed E-state index contributed by atoms with van der Waals surface area (Å²) in [5.41, 5.74) is 0.0648. The predicted octanol–water partition coefficient (Wildman–Crippen LogP) is 3.80. The van der Waals surface area contributed by atoms with Crippen LogP contribution in [0.25, 0.3) is 0 Å². The van der Waals surface area contributed by atoms with E-state index in [1.54, 1.807) is 6.92 Å². The van der Waals surface area contributed by atoms with Crippen LogP contribution in [0.2, 0.25) is 5.02 Å². The van der Waals surface area contributed by atoms with Crippen molar-refractivity contribution in [3.63, 3.8) is 0 Å². The molecule has 24 heavy (non-hydrogen) atoms. The zero-order valence-electron chi connectivity index (χ0n) is 12.9. The molecule has 8 heteroatoms. The maximum absolute atomic E-state index is 13.9. The lowest BCUT2D eigenvalue weighted by molar-refractivity contribution is -0.138. The van der Waals surface area contributed by atoms with Crippen molar-refractivity contribution in [3.05, 3.63) is 52.2 Å². The molecule has 0 saturated heterocycles. The van der Waals surface area contributed by atoms with Gasteiger partial charge in [-0.2, -0.15) is 0 Å². The van der Waals surface area contributed by atoms with Gasteiger partial charge in [-0.25, -0.2) is 14.0 Å². The topological polar surface area (TPSA) is 88.8 Å². The van der Waals surface area contributed by atoms with Crippen LogP contribution in [0.15, 0.2) is 28.7 Å². The van der Waals surface area contributed by atoms with Gasteiger partial charge in [0.1, 0.15) is 22.9 Å². The van der Waals surface area contributed by atoms with Gasteiger partial charge in [0.05, 0.1) is 12.3 Å². The smallest absolute Gasteiger partial charge is 0.341 e. The molecule has 2 aromatic rings. The number of anilines is 1. The van der Waals surface area contributed by atoms with Crippen LogP contribution >= 0.6 is 11.6 Å². The maximum Gasteiger partial charge on any atom is 0.341 e. The van der Waals surface area contributed by atoms with Crippen LogP contribution in [-0.4, -0.2) is 23.7 Å². The Labute approximate surface area is 142 Å². The van der Waals surface area contributed by atoms with Gasteiger partial charge >= 0.3 is 11.9 Å². The number of halogens is 2. The Morgan fingerprint density at radius 2 is 2.12 bits per heavy atom. The molecule has 2 rings (SSSR count). The number of furan rings is 1. The first-order valence-corrected chi connectivity index (χ1v) is 7.43. The molecule has 0 aliphatic rings. The Kier molecular flexibility index (Phi) is 5.46. The number of nitrogens with one attached hydrogen (secondary N) is 1. The number of aryl methyl sites for hydroxylation is 1. The van der Waals surface area contributed by atoms with Crippen molar-refractivity contribution in [1.82, 2.24) is 0 Å². The van der Waals surface area contributed by atoms with E-state index in [0.29, 0.717) is 0 Å². The Balaban J connectivity index is 2.33. The first-order valence-electron chi connectivity index (χ1n) is 7.05. The highest BCUT2D eigenvalue weighted by atomic mass is 35.5. The monoisotopic (exact) mass is 355 g/mol. The fraction of sp³-hybridized carbons (Fsp3) is 0.250. The number of carboxylic acid groups (broad SMARTS) is 1. The number of benzene rings is 1. The first-order chi connectivity index (χ1) is 11.3. The van der Waals surface area contributed by atoms with Crippen molar-refractivity contribution >= 4 is 29.2 Å². The molecular weight excluding hydrogens is 341 g/mol. The molecule has 0 aliphatic heterocycles. The van der Waals surface area contributed by atoms with Gasteiger partial charge in [-0.1, -0.05) is 11.6 Å². The van der Waals surface area contributed by atoms with E-state index in [-0.39, 0.29) is 34.4 Å². The standard InChI is InChI=1S/C16H15ClFNO5/c1-3-23-16(22)10-7-13(24-8(10)2)14(15(20)21)19-12-5-4-9(17)6-11(12)18/h4-7,14,19H,3H2,1-2H3,(H,20,21). The van der Waals surface area contributed by atoms with Crippen molar-refractivity contribution in [3.8, 4) is 0 Å². The van der Waals surface area contributed by atoms with Crippen molar-refractivity contribution in [2.75, 3.05) is 11.9 Å². The normalized spacial score (nSPS) is 11.8. The minimum atomic E-state index is -1.39. The molecule has 1 aromatic carbocycles. The van der Waals surface area contributed by atoms with Gasteiger partial charge in [-0.3, -0.25) is 0 Å². The number of hydrogen-bond acceptors (Lipinski definition) is 5. The minimum absolute atomic E-state index is 0.0441. The average Bonchev–Trinajstić information content (AvgIpc) is 2.88. The van der Waals surface area contributed by atoms with Crippen LogP contribution in [0, 0.1) is 12.7 Å². The van der Waals surface area contributed by atoms with Crippen LogP contribution in [0.4, 0.5) is 10.1 Å². The van der Waals surface area contributed by atoms with E-state index in [0.717, 1.165) is 6.07 Å². The average molecular weight is 356 g/mol. The largest absolute Gasteiger partial charge is 0.479 e. The SMILES string of the molecule is CCOC(=O)c1cc(C(Nc2ccc(Cl)cc2F)C(=O)O)oc1C. The highest BCUT2D eigenvalue weighted by molar-refractivity contribution is 6.30. The Morgan fingerprint density at radius 1 is 1.42 bits per heavy atom. The van der Waals surface area contributed by atoms with E-state index in [2.05, 4.69) is 5.32 Å². The van der Waals surface area contributed by atoms with Gasteiger partial charge in [0.2, 0.25) is 0 Å². The molecule has 2 N–H and O–H groups in total. The number of carbonyl (C=O) groups excluding carboxylic acids is 1. The highest BCUT2D eigenvalue weighted by Gasteiger charge is 2.27. The van der Waals surface area contributed by atoms with Crippen molar-refractivity contribution in [2.45, 2.75) is 19.9 Å². The Morgan fingerprint density at radius 3 is 2.71 bits per heavy atom. The second-order valence-corrected chi connectivity index (χ2v) is 5.32. The third-order valence-electron chi connectivity index (χ3n) is 3.19. The molecule has 1 unspecified atom stereocenters. The van der Waals surface area contributed by atoms with E-state index in [4.69, 9.17) is 20.8 Å². The lowest BCUT2D eigenvalue weighted by Gasteiger charge is -2.14. The van der Waals surface area contributed by atoms with Crippen molar-refractivity contribution in [2.24, 2.45) is 0 Å². The van der Waals surface area contributed by atoms with E-state index >= 15 is 0 Å². The maximum atomic E-state index is 13.9. The second-order valence-electron chi connectivity index (χ2n) is 4.88. The molecule has 0 spiro atoms. The fourth-order valence-corrected chi connectivity index (χ4v) is 2.23. The molecule has 0 aliphatic carbocycles. The van der Waals surface area contributed by atoms with E-state index in [9.17, 15) is 19.1 Å². The van der Waals surface area contributed by atoms with E-state index in [1.165, 1.54) is 25.1 Å². The van der Waals surface area contributed by atoms with Gasteiger partial charge in [-0.15, -0.1) is 0 Å². The number of ether oxygens (including phenoxy) is 1. The minimum Gasteiger partial charge on any atom is -0.479 e. The Bertz CT molecular complexity index is 774.